The quantitative estimate of drug-likeness (QED) is 0.685. The van der Waals surface area contributed by atoms with E-state index in [4.69, 9.17) is 40.5 Å². The number of alkyl halides is 1. The van der Waals surface area contributed by atoms with Gasteiger partial charge in [0.05, 0.1) is 22.7 Å². The van der Waals surface area contributed by atoms with Crippen molar-refractivity contribution in [1.29, 1.82) is 0 Å². The molecule has 1 aromatic rings. The van der Waals surface area contributed by atoms with Crippen LogP contribution in [0.5, 0.6) is 0 Å². The Labute approximate surface area is 118 Å². The molecule has 1 heterocycles. The number of nitrogens with two attached hydrogens (primary N) is 1. The maximum absolute atomic E-state index is 13.8. The minimum absolute atomic E-state index is 0.0267. The number of hydrogen-bond donors (Lipinski definition) is 1. The van der Waals surface area contributed by atoms with Crippen LogP contribution in [0.1, 0.15) is 18.5 Å². The van der Waals surface area contributed by atoms with E-state index in [0.717, 1.165) is 0 Å². The molecule has 0 aliphatic carbocycles. The topological polar surface area (TPSA) is 65.2 Å². The van der Waals surface area contributed by atoms with Gasteiger partial charge in [0.15, 0.2) is 0 Å². The minimum Gasteiger partial charge on any atom is -0.464 e. The zero-order valence-corrected chi connectivity index (χ0v) is 11.6. The highest BCUT2D eigenvalue weighted by atomic mass is 35.5. The summed E-state index contributed by atoms with van der Waals surface area (Å²) >= 11 is 17.3. The molecule has 0 aromatic carbocycles. The van der Waals surface area contributed by atoms with E-state index in [-0.39, 0.29) is 27.4 Å². The summed E-state index contributed by atoms with van der Waals surface area (Å²) in [6.45, 7) is 1.60. The molecule has 0 aliphatic rings. The number of carbonyl (C=O) groups excluding carboxylic acids is 1. The summed E-state index contributed by atoms with van der Waals surface area (Å²) in [4.78, 5) is 14.9. The van der Waals surface area contributed by atoms with Crippen LogP contribution < -0.4 is 5.73 Å². The lowest BCUT2D eigenvalue weighted by Crippen LogP contribution is -2.32. The number of rotatable bonds is 4. The van der Waals surface area contributed by atoms with Crippen molar-refractivity contribution >= 4 is 40.8 Å². The van der Waals surface area contributed by atoms with Crippen LogP contribution in [0.3, 0.4) is 0 Å². The third-order valence-electron chi connectivity index (χ3n) is 2.13. The SMILES string of the molecule is CCOC(=O)C(F)[C@@H](N)c1c(Cl)cnc(Cl)c1Cl. The molecular weight excluding hydrogens is 305 g/mol. The fourth-order valence-corrected chi connectivity index (χ4v) is 2.02. The summed E-state index contributed by atoms with van der Waals surface area (Å²) in [6, 6.07) is -1.37. The largest absolute Gasteiger partial charge is 0.464 e. The van der Waals surface area contributed by atoms with Crippen molar-refractivity contribution in [3.8, 4) is 0 Å². The molecule has 0 saturated heterocycles. The molecule has 0 fully saturated rings. The highest BCUT2D eigenvalue weighted by Crippen LogP contribution is 2.35. The lowest BCUT2D eigenvalue weighted by molar-refractivity contribution is -0.149. The fourth-order valence-electron chi connectivity index (χ4n) is 1.28. The fraction of sp³-hybridized carbons (Fsp3) is 0.400. The Kier molecular flexibility index (Phi) is 5.59. The number of hydrogen-bond acceptors (Lipinski definition) is 4. The molecule has 2 N–H and O–H groups in total. The molecule has 18 heavy (non-hydrogen) atoms. The predicted octanol–water partition coefficient (Wildman–Crippen LogP) is 2.94. The van der Waals surface area contributed by atoms with Crippen LogP contribution in [0.15, 0.2) is 6.20 Å². The average molecular weight is 316 g/mol. The lowest BCUT2D eigenvalue weighted by Gasteiger charge is -2.18. The Balaban J connectivity index is 3.07. The molecule has 0 radical (unpaired) electrons. The zero-order valence-electron chi connectivity index (χ0n) is 9.29. The van der Waals surface area contributed by atoms with Crippen LogP contribution >= 0.6 is 34.8 Å². The normalized spacial score (nSPS) is 14.1. The molecule has 0 amide bonds. The maximum Gasteiger partial charge on any atom is 0.342 e. The standard InChI is InChI=1S/C10H10Cl3FN2O2/c1-2-18-10(17)7(14)8(15)5-4(11)3-16-9(13)6(5)12/h3,7-8H,2,15H2,1H3/t7?,8-/m0/s1. The van der Waals surface area contributed by atoms with Crippen LogP contribution in [0.4, 0.5) is 4.39 Å². The van der Waals surface area contributed by atoms with Crippen LogP contribution in [-0.4, -0.2) is 23.7 Å². The van der Waals surface area contributed by atoms with Gasteiger partial charge in [0, 0.05) is 11.8 Å². The minimum atomic E-state index is -2.08. The lowest BCUT2D eigenvalue weighted by atomic mass is 10.0. The summed E-state index contributed by atoms with van der Waals surface area (Å²) < 4.78 is 18.3. The maximum atomic E-state index is 13.8. The van der Waals surface area contributed by atoms with Gasteiger partial charge in [-0.05, 0) is 6.92 Å². The number of ether oxygens (including phenoxy) is 1. The first-order valence-electron chi connectivity index (χ1n) is 4.95. The van der Waals surface area contributed by atoms with Gasteiger partial charge in [-0.15, -0.1) is 0 Å². The van der Waals surface area contributed by atoms with E-state index in [9.17, 15) is 9.18 Å². The van der Waals surface area contributed by atoms with Gasteiger partial charge >= 0.3 is 5.97 Å². The summed E-state index contributed by atoms with van der Waals surface area (Å²) in [7, 11) is 0. The number of pyridine rings is 1. The molecule has 0 saturated carbocycles. The van der Waals surface area contributed by atoms with Gasteiger partial charge in [-0.25, -0.2) is 14.2 Å². The Morgan fingerprint density at radius 1 is 1.56 bits per heavy atom. The van der Waals surface area contributed by atoms with Crippen molar-refractivity contribution in [2.24, 2.45) is 5.73 Å². The van der Waals surface area contributed by atoms with E-state index < -0.39 is 18.2 Å². The van der Waals surface area contributed by atoms with E-state index in [2.05, 4.69) is 9.72 Å². The number of carbonyl (C=O) groups is 1. The number of halogens is 4. The van der Waals surface area contributed by atoms with E-state index >= 15 is 0 Å². The molecule has 1 rings (SSSR count). The van der Waals surface area contributed by atoms with E-state index in [1.54, 1.807) is 6.92 Å². The van der Waals surface area contributed by atoms with Gasteiger partial charge in [0.2, 0.25) is 6.17 Å². The van der Waals surface area contributed by atoms with E-state index in [1.807, 2.05) is 0 Å². The first kappa shape index (κ1) is 15.4. The van der Waals surface area contributed by atoms with Gasteiger partial charge in [-0.3, -0.25) is 0 Å². The van der Waals surface area contributed by atoms with Gasteiger partial charge in [-0.2, -0.15) is 0 Å². The second-order valence-electron chi connectivity index (χ2n) is 3.30. The Morgan fingerprint density at radius 3 is 2.72 bits per heavy atom. The highest BCUT2D eigenvalue weighted by Gasteiger charge is 2.31. The second kappa shape index (κ2) is 6.52. The summed E-state index contributed by atoms with van der Waals surface area (Å²) in [5, 5.41) is -0.116. The molecule has 0 aliphatic heterocycles. The van der Waals surface area contributed by atoms with Crippen molar-refractivity contribution in [3.05, 3.63) is 27.0 Å². The summed E-state index contributed by atoms with van der Waals surface area (Å²) in [5.74, 6) is -1.08. The second-order valence-corrected chi connectivity index (χ2v) is 4.45. The molecule has 4 nitrogen and oxygen atoms in total. The smallest absolute Gasteiger partial charge is 0.342 e. The molecule has 2 atom stereocenters. The van der Waals surface area contributed by atoms with Crippen LogP contribution in [0, 0.1) is 0 Å². The Hall–Kier alpha value is -0.620. The van der Waals surface area contributed by atoms with Gasteiger partial charge in [0.1, 0.15) is 5.15 Å². The predicted molar refractivity (Wildman–Crippen MR) is 67.7 cm³/mol. The first-order chi connectivity index (χ1) is 8.40. The van der Waals surface area contributed by atoms with Crippen molar-refractivity contribution in [3.63, 3.8) is 0 Å². The molecule has 8 heteroatoms. The number of nitrogens with zero attached hydrogens (tertiary/aromatic N) is 1. The molecule has 1 aromatic heterocycles. The molecule has 100 valence electrons. The van der Waals surface area contributed by atoms with Crippen LogP contribution in [-0.2, 0) is 9.53 Å². The molecule has 1 unspecified atom stereocenters. The van der Waals surface area contributed by atoms with Crippen molar-refractivity contribution in [1.82, 2.24) is 4.98 Å². The van der Waals surface area contributed by atoms with Crippen molar-refractivity contribution in [2.45, 2.75) is 19.1 Å². The van der Waals surface area contributed by atoms with Gasteiger partial charge < -0.3 is 10.5 Å². The average Bonchev–Trinajstić information content (AvgIpc) is 2.33. The Bertz CT molecular complexity index is 459. The third kappa shape index (κ3) is 3.23. The van der Waals surface area contributed by atoms with Crippen LogP contribution in [0.2, 0.25) is 15.2 Å². The number of esters is 1. The summed E-state index contributed by atoms with van der Waals surface area (Å²) in [5.41, 5.74) is 5.64. The molecule has 0 spiro atoms. The summed E-state index contributed by atoms with van der Waals surface area (Å²) in [6.07, 6.45) is -0.901. The van der Waals surface area contributed by atoms with Gasteiger partial charge in [-0.1, -0.05) is 34.8 Å². The number of aromatic nitrogens is 1. The third-order valence-corrected chi connectivity index (χ3v) is 3.19. The molecule has 0 bridgehead atoms. The monoisotopic (exact) mass is 314 g/mol. The first-order valence-corrected chi connectivity index (χ1v) is 6.09. The Morgan fingerprint density at radius 2 is 2.17 bits per heavy atom. The zero-order chi connectivity index (χ0) is 13.9. The highest BCUT2D eigenvalue weighted by molar-refractivity contribution is 6.43. The van der Waals surface area contributed by atoms with Crippen LogP contribution in [0.25, 0.3) is 0 Å². The van der Waals surface area contributed by atoms with E-state index in [0.29, 0.717) is 0 Å². The molecular formula is C10H10Cl3FN2O2. The van der Waals surface area contributed by atoms with Crippen molar-refractivity contribution < 1.29 is 13.9 Å². The van der Waals surface area contributed by atoms with Gasteiger partial charge in [0.25, 0.3) is 0 Å². The van der Waals surface area contributed by atoms with Crippen molar-refractivity contribution in [2.75, 3.05) is 6.61 Å². The van der Waals surface area contributed by atoms with E-state index in [1.165, 1.54) is 6.20 Å².